The Hall–Kier alpha value is -7.42. The second-order valence-corrected chi connectivity index (χ2v) is 15.9. The number of benzene rings is 9. The van der Waals surface area contributed by atoms with Crippen molar-refractivity contribution >= 4 is 21.7 Å². The zero-order valence-corrected chi connectivity index (χ0v) is 31.5. The van der Waals surface area contributed by atoms with E-state index in [1.807, 2.05) is 0 Å². The van der Waals surface area contributed by atoms with Gasteiger partial charge in [-0.3, -0.25) is 0 Å². The van der Waals surface area contributed by atoms with E-state index in [2.05, 4.69) is 206 Å². The molecule has 3 aliphatic rings. The Morgan fingerprint density at radius 1 is 0.293 bits per heavy atom. The van der Waals surface area contributed by atoms with Crippen molar-refractivity contribution < 1.29 is 0 Å². The van der Waals surface area contributed by atoms with Crippen molar-refractivity contribution in [1.29, 1.82) is 0 Å². The molecule has 0 radical (unpaired) electrons. The van der Waals surface area contributed by atoms with Crippen LogP contribution >= 0.6 is 0 Å². The molecule has 0 bridgehead atoms. The zero-order chi connectivity index (χ0) is 38.0. The molecular weight excluding hydrogens is 701 g/mol. The van der Waals surface area contributed by atoms with Crippen LogP contribution in [0, 0.1) is 0 Å². The average molecular weight is 735 g/mol. The Bertz CT molecular complexity index is 3270. The van der Waals surface area contributed by atoms with Crippen LogP contribution in [0.25, 0.3) is 66.6 Å². The molecule has 13 rings (SSSR count). The van der Waals surface area contributed by atoms with Crippen molar-refractivity contribution in [3.05, 3.63) is 251 Å². The first kappa shape index (κ1) is 31.7. The van der Waals surface area contributed by atoms with Crippen LogP contribution in [-0.4, -0.2) is 9.97 Å². The number of hydrogen-bond donors (Lipinski definition) is 0. The van der Waals surface area contributed by atoms with Crippen molar-refractivity contribution in [2.45, 2.75) is 10.8 Å². The summed E-state index contributed by atoms with van der Waals surface area (Å²) in [7, 11) is 0. The normalized spacial score (nSPS) is 14.5. The summed E-state index contributed by atoms with van der Waals surface area (Å²) in [6.45, 7) is 0. The minimum Gasteiger partial charge on any atom is -0.228 e. The fourth-order valence-corrected chi connectivity index (χ4v) is 11.2. The van der Waals surface area contributed by atoms with Crippen LogP contribution in [0.3, 0.4) is 0 Å². The summed E-state index contributed by atoms with van der Waals surface area (Å²) in [5.41, 5.74) is 18.7. The predicted octanol–water partition coefficient (Wildman–Crippen LogP) is 13.2. The van der Waals surface area contributed by atoms with Crippen molar-refractivity contribution in [3.63, 3.8) is 0 Å². The lowest BCUT2D eigenvalue weighted by molar-refractivity contribution is 0.633. The van der Waals surface area contributed by atoms with Crippen LogP contribution in [0.1, 0.15) is 44.5 Å². The van der Waals surface area contributed by atoms with Gasteiger partial charge in [0.2, 0.25) is 0 Å². The molecule has 1 heterocycles. The number of para-hydroxylation sites is 1. The Morgan fingerprint density at radius 3 is 1.33 bits per heavy atom. The molecule has 1 aromatic heterocycles. The van der Waals surface area contributed by atoms with E-state index in [-0.39, 0.29) is 0 Å². The second-order valence-electron chi connectivity index (χ2n) is 15.9. The minimum atomic E-state index is -0.581. The third-order valence-electron chi connectivity index (χ3n) is 13.4. The molecular formula is C56H34N2. The topological polar surface area (TPSA) is 25.8 Å². The van der Waals surface area contributed by atoms with Gasteiger partial charge in [0.15, 0.2) is 5.82 Å². The van der Waals surface area contributed by atoms with Gasteiger partial charge in [-0.2, -0.15) is 0 Å². The van der Waals surface area contributed by atoms with Gasteiger partial charge in [-0.05, 0) is 89.7 Å². The number of hydrogen-bond acceptors (Lipinski definition) is 2. The summed E-state index contributed by atoms with van der Waals surface area (Å²) in [4.78, 5) is 10.8. The van der Waals surface area contributed by atoms with Crippen molar-refractivity contribution in [3.8, 4) is 44.9 Å². The van der Waals surface area contributed by atoms with Gasteiger partial charge in [-0.15, -0.1) is 0 Å². The molecule has 0 saturated heterocycles. The molecule has 0 fully saturated rings. The zero-order valence-electron chi connectivity index (χ0n) is 31.5. The summed E-state index contributed by atoms with van der Waals surface area (Å²) >= 11 is 0. The van der Waals surface area contributed by atoms with E-state index in [9.17, 15) is 0 Å². The lowest BCUT2D eigenvalue weighted by Gasteiger charge is -2.48. The highest BCUT2D eigenvalue weighted by Gasteiger charge is 2.58. The fraction of sp³-hybridized carbons (Fsp3) is 0.0357. The largest absolute Gasteiger partial charge is 0.228 e. The van der Waals surface area contributed by atoms with Gasteiger partial charge >= 0.3 is 0 Å². The van der Waals surface area contributed by atoms with Gasteiger partial charge in [-0.1, -0.05) is 194 Å². The number of rotatable bonds is 2. The second kappa shape index (κ2) is 11.6. The highest BCUT2D eigenvalue weighted by atomic mass is 14.9. The molecule has 2 heteroatoms. The monoisotopic (exact) mass is 734 g/mol. The minimum absolute atomic E-state index is 0.476. The average Bonchev–Trinajstić information content (AvgIpc) is 3.76. The molecule has 0 saturated carbocycles. The highest BCUT2D eigenvalue weighted by Crippen LogP contribution is 2.67. The van der Waals surface area contributed by atoms with E-state index in [1.165, 1.54) is 77.5 Å². The van der Waals surface area contributed by atoms with Crippen LogP contribution in [0.2, 0.25) is 0 Å². The standard InChI is InChI=1S/C56H34N2/c1-2-18-37-35(16-1)17-15-23-42(37)53-43-22-6-14-31-52(43)57-54(58-53)36-32-33-41-40-21-5-9-26-46(40)56(51(41)34-36)49-29-12-10-27-47(49)55(48-28-11-13-30-50(48)56)44-24-7-3-19-38(44)39-20-4-8-25-45(39)55/h1-34H. The molecule has 0 atom stereocenters. The SMILES string of the molecule is c1ccc2c(c1)-c1ccccc1C21c2ccccc2C2(c3ccccc3-c3ccc(-c4nc(-c5cccc6ccccc56)c5ccccc5n4)cc32)c2ccccc21. The molecule has 0 aliphatic heterocycles. The van der Waals surface area contributed by atoms with Crippen LogP contribution in [-0.2, 0) is 10.8 Å². The van der Waals surface area contributed by atoms with Crippen molar-refractivity contribution in [2.75, 3.05) is 0 Å². The van der Waals surface area contributed by atoms with Gasteiger partial charge in [0, 0.05) is 16.5 Å². The van der Waals surface area contributed by atoms with Crippen molar-refractivity contribution in [1.82, 2.24) is 9.97 Å². The van der Waals surface area contributed by atoms with Gasteiger partial charge in [0.05, 0.1) is 22.0 Å². The van der Waals surface area contributed by atoms with Gasteiger partial charge in [-0.25, -0.2) is 9.97 Å². The molecule has 0 amide bonds. The maximum absolute atomic E-state index is 5.49. The summed E-state index contributed by atoms with van der Waals surface area (Å²) in [5, 5.41) is 3.43. The Labute approximate surface area is 336 Å². The summed E-state index contributed by atoms with van der Waals surface area (Å²) < 4.78 is 0. The van der Waals surface area contributed by atoms with Crippen LogP contribution in [0.5, 0.6) is 0 Å². The first-order valence-corrected chi connectivity index (χ1v) is 20.2. The molecule has 0 N–H and O–H groups in total. The maximum atomic E-state index is 5.49. The Morgan fingerprint density at radius 2 is 0.724 bits per heavy atom. The molecule has 10 aromatic rings. The van der Waals surface area contributed by atoms with E-state index in [4.69, 9.17) is 9.97 Å². The predicted molar refractivity (Wildman–Crippen MR) is 236 cm³/mol. The van der Waals surface area contributed by atoms with E-state index in [0.717, 1.165) is 33.5 Å². The summed E-state index contributed by atoms with van der Waals surface area (Å²) in [6.07, 6.45) is 0. The molecule has 9 aromatic carbocycles. The molecule has 0 unspecified atom stereocenters. The number of fused-ring (bicyclic) bond motifs is 18. The molecule has 58 heavy (non-hydrogen) atoms. The summed E-state index contributed by atoms with van der Waals surface area (Å²) in [5.74, 6) is 0.725. The van der Waals surface area contributed by atoms with E-state index >= 15 is 0 Å². The lowest BCUT2D eigenvalue weighted by Crippen LogP contribution is -2.43. The summed E-state index contributed by atoms with van der Waals surface area (Å²) in [6, 6.07) is 76.2. The maximum Gasteiger partial charge on any atom is 0.160 e. The van der Waals surface area contributed by atoms with Crippen LogP contribution < -0.4 is 0 Å². The van der Waals surface area contributed by atoms with Crippen molar-refractivity contribution in [2.24, 2.45) is 0 Å². The third kappa shape index (κ3) is 3.87. The highest BCUT2D eigenvalue weighted by molar-refractivity contribution is 6.04. The van der Waals surface area contributed by atoms with Crippen LogP contribution in [0.4, 0.5) is 0 Å². The molecule has 3 aliphatic carbocycles. The number of aromatic nitrogens is 2. The van der Waals surface area contributed by atoms with E-state index < -0.39 is 10.8 Å². The Balaban J connectivity index is 1.12. The van der Waals surface area contributed by atoms with Gasteiger partial charge in [0.25, 0.3) is 0 Å². The molecule has 2 nitrogen and oxygen atoms in total. The fourth-order valence-electron chi connectivity index (χ4n) is 11.2. The first-order valence-electron chi connectivity index (χ1n) is 20.2. The number of nitrogens with zero attached hydrogens (tertiary/aromatic N) is 2. The molecule has 2 spiro atoms. The van der Waals surface area contributed by atoms with Crippen LogP contribution in [0.15, 0.2) is 206 Å². The smallest absolute Gasteiger partial charge is 0.160 e. The van der Waals surface area contributed by atoms with Gasteiger partial charge < -0.3 is 0 Å². The molecule has 268 valence electrons. The van der Waals surface area contributed by atoms with Gasteiger partial charge in [0.1, 0.15) is 0 Å². The van der Waals surface area contributed by atoms with E-state index in [1.54, 1.807) is 0 Å². The van der Waals surface area contributed by atoms with E-state index in [0.29, 0.717) is 0 Å². The quantitative estimate of drug-likeness (QED) is 0.177. The third-order valence-corrected chi connectivity index (χ3v) is 13.4. The lowest BCUT2D eigenvalue weighted by atomic mass is 9.52. The first-order chi connectivity index (χ1) is 28.8. The Kier molecular flexibility index (Phi) is 6.33.